The van der Waals surface area contributed by atoms with Crippen molar-refractivity contribution in [3.05, 3.63) is 35.4 Å². The molecule has 0 amide bonds. The molecule has 0 spiro atoms. The molecule has 0 radical (unpaired) electrons. The average Bonchev–Trinajstić information content (AvgIpc) is 3.14. The SMILES string of the molecule is CN=C(NCc1ccc(CS(C)(=O)=O)cc1)NC1CC2CCC1O2.I. The first-order valence-electron chi connectivity index (χ1n) is 8.31. The van der Waals surface area contributed by atoms with Crippen molar-refractivity contribution in [3.8, 4) is 0 Å². The van der Waals surface area contributed by atoms with Gasteiger partial charge in [-0.25, -0.2) is 8.42 Å². The average molecular weight is 479 g/mol. The minimum absolute atomic E-state index is 0. The summed E-state index contributed by atoms with van der Waals surface area (Å²) in [5, 5.41) is 6.75. The molecule has 2 fully saturated rings. The molecule has 3 atom stereocenters. The van der Waals surface area contributed by atoms with Crippen molar-refractivity contribution >= 4 is 39.8 Å². The quantitative estimate of drug-likeness (QED) is 0.383. The van der Waals surface area contributed by atoms with E-state index in [2.05, 4.69) is 15.6 Å². The summed E-state index contributed by atoms with van der Waals surface area (Å²) in [5.41, 5.74) is 1.89. The number of ether oxygens (including phenoxy) is 1. The number of hydrogen-bond donors (Lipinski definition) is 2. The van der Waals surface area contributed by atoms with Crippen LogP contribution >= 0.6 is 24.0 Å². The van der Waals surface area contributed by atoms with Crippen molar-refractivity contribution in [2.75, 3.05) is 13.3 Å². The number of sulfone groups is 1. The van der Waals surface area contributed by atoms with Crippen LogP contribution in [0.25, 0.3) is 0 Å². The Morgan fingerprint density at radius 1 is 1.24 bits per heavy atom. The van der Waals surface area contributed by atoms with Gasteiger partial charge in [0.25, 0.3) is 0 Å². The first-order chi connectivity index (χ1) is 11.4. The highest BCUT2D eigenvalue weighted by molar-refractivity contribution is 14.0. The molecule has 1 aromatic carbocycles. The monoisotopic (exact) mass is 479 g/mol. The van der Waals surface area contributed by atoms with Crippen molar-refractivity contribution < 1.29 is 13.2 Å². The minimum atomic E-state index is -2.99. The number of guanidine groups is 1. The Morgan fingerprint density at radius 3 is 2.44 bits per heavy atom. The zero-order valence-corrected chi connectivity index (χ0v) is 17.7. The topological polar surface area (TPSA) is 79.8 Å². The molecule has 2 heterocycles. The van der Waals surface area contributed by atoms with Crippen molar-refractivity contribution in [2.45, 2.75) is 49.8 Å². The summed E-state index contributed by atoms with van der Waals surface area (Å²) in [6.07, 6.45) is 5.32. The van der Waals surface area contributed by atoms with Crippen LogP contribution in [0.4, 0.5) is 0 Å². The molecule has 1 aromatic rings. The van der Waals surface area contributed by atoms with Gasteiger partial charge in [-0.15, -0.1) is 24.0 Å². The van der Waals surface area contributed by atoms with Gasteiger partial charge in [0.15, 0.2) is 15.8 Å². The van der Waals surface area contributed by atoms with Crippen molar-refractivity contribution in [1.29, 1.82) is 0 Å². The highest BCUT2D eigenvalue weighted by Crippen LogP contribution is 2.34. The molecule has 2 aliphatic heterocycles. The number of rotatable bonds is 5. The first kappa shape index (κ1) is 20.4. The van der Waals surface area contributed by atoms with Gasteiger partial charge in [0.05, 0.1) is 24.0 Å². The lowest BCUT2D eigenvalue weighted by molar-refractivity contribution is 0.0992. The number of aliphatic imine (C=N–C) groups is 1. The Bertz CT molecular complexity index is 706. The van der Waals surface area contributed by atoms with Crippen LogP contribution in [-0.2, 0) is 26.9 Å². The lowest BCUT2D eigenvalue weighted by atomic mass is 9.96. The number of fused-ring (bicyclic) bond motifs is 2. The Kier molecular flexibility index (Phi) is 7.10. The molecule has 2 saturated heterocycles. The number of nitrogens with zero attached hydrogens (tertiary/aromatic N) is 1. The molecule has 3 unspecified atom stereocenters. The molecule has 8 heteroatoms. The molecule has 0 aliphatic carbocycles. The van der Waals surface area contributed by atoms with Crippen molar-refractivity contribution in [1.82, 2.24) is 10.6 Å². The Balaban J connectivity index is 0.00000225. The normalized spacial score (nSPS) is 25.5. The predicted molar refractivity (Wildman–Crippen MR) is 110 cm³/mol. The summed E-state index contributed by atoms with van der Waals surface area (Å²) in [6.45, 7) is 0.639. The molecule has 25 heavy (non-hydrogen) atoms. The second-order valence-corrected chi connectivity index (χ2v) is 8.81. The van der Waals surface area contributed by atoms with E-state index in [4.69, 9.17) is 4.74 Å². The van der Waals surface area contributed by atoms with Crippen LogP contribution in [0, 0.1) is 0 Å². The highest BCUT2D eigenvalue weighted by Gasteiger charge is 2.41. The fourth-order valence-electron chi connectivity index (χ4n) is 3.40. The van der Waals surface area contributed by atoms with Crippen LogP contribution in [0.3, 0.4) is 0 Å². The van der Waals surface area contributed by atoms with Gasteiger partial charge in [0.1, 0.15) is 0 Å². The number of benzene rings is 1. The molecule has 3 rings (SSSR count). The number of hydrogen-bond acceptors (Lipinski definition) is 4. The Labute approximate surface area is 166 Å². The van der Waals surface area contributed by atoms with Gasteiger partial charge in [0, 0.05) is 19.8 Å². The predicted octanol–water partition coefficient (Wildman–Crippen LogP) is 1.83. The third-order valence-corrected chi connectivity index (χ3v) is 5.42. The van der Waals surface area contributed by atoms with Gasteiger partial charge < -0.3 is 15.4 Å². The molecule has 2 bridgehead atoms. The summed E-state index contributed by atoms with van der Waals surface area (Å²) in [6, 6.07) is 7.95. The maximum absolute atomic E-state index is 11.3. The van der Waals surface area contributed by atoms with E-state index >= 15 is 0 Å². The van der Waals surface area contributed by atoms with E-state index in [1.54, 1.807) is 7.05 Å². The molecule has 0 aromatic heterocycles. The molecule has 2 N–H and O–H groups in total. The van der Waals surface area contributed by atoms with Crippen molar-refractivity contribution in [3.63, 3.8) is 0 Å². The third-order valence-electron chi connectivity index (χ3n) is 4.56. The summed E-state index contributed by atoms with van der Waals surface area (Å²) in [5.74, 6) is 0.852. The molecule has 0 saturated carbocycles. The third kappa shape index (κ3) is 5.82. The number of nitrogens with one attached hydrogen (secondary N) is 2. The van der Waals surface area contributed by atoms with Gasteiger partial charge in [0.2, 0.25) is 0 Å². The summed E-state index contributed by atoms with van der Waals surface area (Å²) < 4.78 is 28.5. The second kappa shape index (κ2) is 8.68. The maximum Gasteiger partial charge on any atom is 0.191 e. The molecular formula is C17H26IN3O3S. The Hall–Kier alpha value is -0.870. The van der Waals surface area contributed by atoms with Crippen LogP contribution in [0.5, 0.6) is 0 Å². The summed E-state index contributed by atoms with van der Waals surface area (Å²) in [7, 11) is -1.23. The van der Waals surface area contributed by atoms with Crippen molar-refractivity contribution in [2.24, 2.45) is 4.99 Å². The number of halogens is 1. The van der Waals surface area contributed by atoms with E-state index in [-0.39, 0.29) is 29.7 Å². The highest BCUT2D eigenvalue weighted by atomic mass is 127. The molecule has 6 nitrogen and oxygen atoms in total. The van der Waals surface area contributed by atoms with Crippen LogP contribution in [0.15, 0.2) is 29.3 Å². The van der Waals surface area contributed by atoms with Gasteiger partial charge in [-0.05, 0) is 30.4 Å². The lowest BCUT2D eigenvalue weighted by Crippen LogP contribution is -2.47. The van der Waals surface area contributed by atoms with E-state index < -0.39 is 9.84 Å². The standard InChI is InChI=1S/C17H25N3O3S.HI/c1-18-17(20-15-9-14-7-8-16(15)23-14)19-10-12-3-5-13(6-4-12)11-24(2,21)22;/h3-6,14-16H,7-11H2,1-2H3,(H2,18,19,20);1H. The first-order valence-corrected chi connectivity index (χ1v) is 10.4. The van der Waals surface area contributed by atoms with Gasteiger partial charge in [-0.1, -0.05) is 24.3 Å². The Morgan fingerprint density at radius 2 is 1.92 bits per heavy atom. The fourth-order valence-corrected chi connectivity index (χ4v) is 4.20. The molecule has 2 aliphatic rings. The largest absolute Gasteiger partial charge is 0.373 e. The molecule has 140 valence electrons. The smallest absolute Gasteiger partial charge is 0.191 e. The minimum Gasteiger partial charge on any atom is -0.373 e. The summed E-state index contributed by atoms with van der Waals surface area (Å²) in [4.78, 5) is 4.28. The zero-order valence-electron chi connectivity index (χ0n) is 14.6. The van der Waals surface area contributed by atoms with E-state index in [9.17, 15) is 8.42 Å². The fraction of sp³-hybridized carbons (Fsp3) is 0.588. The van der Waals surface area contributed by atoms with E-state index in [0.29, 0.717) is 24.8 Å². The van der Waals surface area contributed by atoms with E-state index in [1.807, 2.05) is 24.3 Å². The van der Waals surface area contributed by atoms with Crippen LogP contribution < -0.4 is 10.6 Å². The van der Waals surface area contributed by atoms with Gasteiger partial charge >= 0.3 is 0 Å². The molecular weight excluding hydrogens is 453 g/mol. The lowest BCUT2D eigenvalue weighted by Gasteiger charge is -2.22. The van der Waals surface area contributed by atoms with Crippen LogP contribution in [0.1, 0.15) is 30.4 Å². The van der Waals surface area contributed by atoms with Crippen LogP contribution in [-0.4, -0.2) is 45.9 Å². The van der Waals surface area contributed by atoms with Gasteiger partial charge in [-0.2, -0.15) is 0 Å². The van der Waals surface area contributed by atoms with Gasteiger partial charge in [-0.3, -0.25) is 4.99 Å². The van der Waals surface area contributed by atoms with E-state index in [1.165, 1.54) is 12.7 Å². The zero-order chi connectivity index (χ0) is 17.2. The van der Waals surface area contributed by atoms with Crippen LogP contribution in [0.2, 0.25) is 0 Å². The van der Waals surface area contributed by atoms with E-state index in [0.717, 1.165) is 29.9 Å². The summed E-state index contributed by atoms with van der Waals surface area (Å²) >= 11 is 0. The second-order valence-electron chi connectivity index (χ2n) is 6.67. The maximum atomic E-state index is 11.3.